The molecule has 1 atom stereocenters. The maximum atomic E-state index is 13.1. The normalized spacial score (nSPS) is 13.0. The van der Waals surface area contributed by atoms with Crippen LogP contribution in [0.2, 0.25) is 0 Å². The third-order valence-corrected chi connectivity index (χ3v) is 5.71. The van der Waals surface area contributed by atoms with Crippen molar-refractivity contribution in [3.8, 4) is 11.5 Å². The summed E-state index contributed by atoms with van der Waals surface area (Å²) in [6, 6.07) is 17.0. The monoisotopic (exact) mass is 506 g/mol. The maximum Gasteiger partial charge on any atom is 0.408 e. The second-order valence-electron chi connectivity index (χ2n) is 10.4. The van der Waals surface area contributed by atoms with Gasteiger partial charge in [-0.25, -0.2) is 4.79 Å². The molecule has 1 aromatic heterocycles. The van der Waals surface area contributed by atoms with Crippen molar-refractivity contribution in [2.24, 2.45) is 0 Å². The molecule has 0 spiro atoms. The van der Waals surface area contributed by atoms with Gasteiger partial charge in [0.15, 0.2) is 0 Å². The highest BCUT2D eigenvalue weighted by atomic mass is 16.6. The Labute approximate surface area is 219 Å². The van der Waals surface area contributed by atoms with Crippen molar-refractivity contribution in [1.82, 2.24) is 20.4 Å². The molecule has 8 heteroatoms. The number of alkyl carbamates (subject to hydrolysis) is 1. The molecule has 1 N–H and O–H groups in total. The number of benzene rings is 2. The van der Waals surface area contributed by atoms with Gasteiger partial charge in [-0.05, 0) is 64.3 Å². The van der Waals surface area contributed by atoms with Crippen molar-refractivity contribution in [2.45, 2.75) is 71.9 Å². The third-order valence-electron chi connectivity index (χ3n) is 5.71. The van der Waals surface area contributed by atoms with Crippen LogP contribution in [0.5, 0.6) is 0 Å². The molecule has 2 amide bonds. The van der Waals surface area contributed by atoms with Crippen molar-refractivity contribution >= 4 is 12.0 Å². The second kappa shape index (κ2) is 12.0. The zero-order valence-corrected chi connectivity index (χ0v) is 22.7. The number of amides is 2. The van der Waals surface area contributed by atoms with Gasteiger partial charge in [-0.3, -0.25) is 4.79 Å². The van der Waals surface area contributed by atoms with Crippen LogP contribution in [0.3, 0.4) is 0 Å². The number of ether oxygens (including phenoxy) is 1. The van der Waals surface area contributed by atoms with E-state index in [1.54, 1.807) is 12.1 Å². The molecule has 0 saturated heterocycles. The van der Waals surface area contributed by atoms with E-state index in [2.05, 4.69) is 29.4 Å². The van der Waals surface area contributed by atoms with Gasteiger partial charge in [0.25, 0.3) is 5.91 Å². The van der Waals surface area contributed by atoms with Gasteiger partial charge in [0, 0.05) is 30.6 Å². The lowest BCUT2D eigenvalue weighted by atomic mass is 9.92. The first kappa shape index (κ1) is 27.9. The molecular formula is C29H38N4O4. The molecule has 0 unspecified atom stereocenters. The number of aromatic nitrogens is 2. The van der Waals surface area contributed by atoms with Crippen LogP contribution in [0.15, 0.2) is 59.0 Å². The first-order chi connectivity index (χ1) is 17.5. The minimum Gasteiger partial charge on any atom is -0.444 e. The van der Waals surface area contributed by atoms with E-state index in [-0.39, 0.29) is 17.7 Å². The molecular weight excluding hydrogens is 468 g/mol. The minimum absolute atomic E-state index is 0.0224. The Bertz CT molecular complexity index is 1180. The standard InChI is InChI=1S/C29H38N4O4/c1-7-17-33(18-8-2)25(34)23-16-12-15-22(19-23)24-31-32-26(36-24)29(6,20-21-13-10-9-11-14-21)30-27(35)37-28(3,4)5/h9-16,19H,7-8,17-18,20H2,1-6H3,(H,30,35)/t29-/m0/s1. The molecule has 198 valence electrons. The average Bonchev–Trinajstić information content (AvgIpc) is 3.34. The summed E-state index contributed by atoms with van der Waals surface area (Å²) in [6.45, 7) is 12.8. The van der Waals surface area contributed by atoms with E-state index in [0.29, 0.717) is 30.6 Å². The van der Waals surface area contributed by atoms with Gasteiger partial charge in [0.05, 0.1) is 0 Å². The Kier molecular flexibility index (Phi) is 9.08. The molecule has 3 rings (SSSR count). The van der Waals surface area contributed by atoms with Gasteiger partial charge in [-0.15, -0.1) is 10.2 Å². The largest absolute Gasteiger partial charge is 0.444 e. The molecule has 0 radical (unpaired) electrons. The zero-order valence-electron chi connectivity index (χ0n) is 22.7. The summed E-state index contributed by atoms with van der Waals surface area (Å²) in [4.78, 5) is 27.7. The van der Waals surface area contributed by atoms with E-state index in [1.807, 2.05) is 75.1 Å². The Balaban J connectivity index is 1.92. The summed E-state index contributed by atoms with van der Waals surface area (Å²) in [6.07, 6.45) is 1.62. The smallest absolute Gasteiger partial charge is 0.408 e. The molecule has 0 aliphatic carbocycles. The zero-order chi connectivity index (χ0) is 27.1. The van der Waals surface area contributed by atoms with Gasteiger partial charge in [-0.1, -0.05) is 50.2 Å². The quantitative estimate of drug-likeness (QED) is 0.363. The highest BCUT2D eigenvalue weighted by Crippen LogP contribution is 2.29. The highest BCUT2D eigenvalue weighted by Gasteiger charge is 2.36. The number of nitrogens with zero attached hydrogens (tertiary/aromatic N) is 3. The Morgan fingerprint density at radius 1 is 0.946 bits per heavy atom. The predicted molar refractivity (Wildman–Crippen MR) is 143 cm³/mol. The minimum atomic E-state index is -1.03. The molecule has 2 aromatic carbocycles. The SMILES string of the molecule is CCCN(CCC)C(=O)c1cccc(-c2nnc([C@](C)(Cc3ccccc3)NC(=O)OC(C)(C)C)o2)c1. The molecule has 37 heavy (non-hydrogen) atoms. The van der Waals surface area contributed by atoms with Crippen LogP contribution >= 0.6 is 0 Å². The first-order valence-corrected chi connectivity index (χ1v) is 12.8. The molecule has 0 aliphatic heterocycles. The number of carbonyl (C=O) groups is 2. The van der Waals surface area contributed by atoms with Gasteiger partial charge in [0.1, 0.15) is 11.1 Å². The van der Waals surface area contributed by atoms with Crippen LogP contribution in [0.4, 0.5) is 4.79 Å². The second-order valence-corrected chi connectivity index (χ2v) is 10.4. The number of nitrogens with one attached hydrogen (secondary N) is 1. The summed E-state index contributed by atoms with van der Waals surface area (Å²) in [7, 11) is 0. The predicted octanol–water partition coefficient (Wildman–Crippen LogP) is 5.98. The Hall–Kier alpha value is -3.68. The van der Waals surface area contributed by atoms with Crippen LogP contribution in [0, 0.1) is 0 Å². The number of hydrogen-bond donors (Lipinski definition) is 1. The average molecular weight is 507 g/mol. The van der Waals surface area contributed by atoms with Gasteiger partial charge >= 0.3 is 6.09 Å². The maximum absolute atomic E-state index is 13.1. The number of carbonyl (C=O) groups excluding carboxylic acids is 2. The number of rotatable bonds is 10. The third kappa shape index (κ3) is 7.65. The fraction of sp³-hybridized carbons (Fsp3) is 0.448. The fourth-order valence-corrected chi connectivity index (χ4v) is 4.09. The lowest BCUT2D eigenvalue weighted by Gasteiger charge is -2.29. The lowest BCUT2D eigenvalue weighted by Crippen LogP contribution is -2.47. The van der Waals surface area contributed by atoms with Crippen molar-refractivity contribution in [2.75, 3.05) is 13.1 Å². The molecule has 3 aromatic rings. The van der Waals surface area contributed by atoms with E-state index < -0.39 is 17.2 Å². The summed E-state index contributed by atoms with van der Waals surface area (Å²) >= 11 is 0. The summed E-state index contributed by atoms with van der Waals surface area (Å²) in [5.41, 5.74) is 0.505. The Morgan fingerprint density at radius 2 is 1.62 bits per heavy atom. The molecule has 0 aliphatic rings. The van der Waals surface area contributed by atoms with E-state index in [9.17, 15) is 9.59 Å². The topological polar surface area (TPSA) is 97.6 Å². The van der Waals surface area contributed by atoms with Crippen molar-refractivity contribution in [3.05, 3.63) is 71.6 Å². The molecule has 0 bridgehead atoms. The van der Waals surface area contributed by atoms with Crippen LogP contribution in [-0.4, -0.2) is 45.8 Å². The van der Waals surface area contributed by atoms with Gasteiger partial charge in [0.2, 0.25) is 11.8 Å². The molecule has 8 nitrogen and oxygen atoms in total. The van der Waals surface area contributed by atoms with Crippen LogP contribution < -0.4 is 5.32 Å². The molecule has 0 fully saturated rings. The van der Waals surface area contributed by atoms with Crippen LogP contribution in [-0.2, 0) is 16.7 Å². The summed E-state index contributed by atoms with van der Waals surface area (Å²) in [5, 5.41) is 11.5. The molecule has 0 saturated carbocycles. The van der Waals surface area contributed by atoms with E-state index in [4.69, 9.17) is 9.15 Å². The van der Waals surface area contributed by atoms with Crippen LogP contribution in [0.1, 0.15) is 76.2 Å². The van der Waals surface area contributed by atoms with Crippen LogP contribution in [0.25, 0.3) is 11.5 Å². The Morgan fingerprint density at radius 3 is 2.24 bits per heavy atom. The van der Waals surface area contributed by atoms with Gasteiger partial charge in [-0.2, -0.15) is 0 Å². The molecule has 1 heterocycles. The summed E-state index contributed by atoms with van der Waals surface area (Å²) < 4.78 is 11.6. The fourth-order valence-electron chi connectivity index (χ4n) is 4.09. The van der Waals surface area contributed by atoms with Gasteiger partial charge < -0.3 is 19.4 Å². The van der Waals surface area contributed by atoms with Crippen molar-refractivity contribution in [3.63, 3.8) is 0 Å². The first-order valence-electron chi connectivity index (χ1n) is 12.8. The van der Waals surface area contributed by atoms with Crippen molar-refractivity contribution in [1.29, 1.82) is 0 Å². The van der Waals surface area contributed by atoms with Crippen molar-refractivity contribution < 1.29 is 18.7 Å². The lowest BCUT2D eigenvalue weighted by molar-refractivity contribution is 0.0443. The highest BCUT2D eigenvalue weighted by molar-refractivity contribution is 5.95. The summed E-state index contributed by atoms with van der Waals surface area (Å²) in [5.74, 6) is 0.491. The van der Waals surface area contributed by atoms with E-state index in [1.165, 1.54) is 0 Å². The van der Waals surface area contributed by atoms with E-state index >= 15 is 0 Å². The van der Waals surface area contributed by atoms with E-state index in [0.717, 1.165) is 18.4 Å². The number of hydrogen-bond acceptors (Lipinski definition) is 6.